The molecule has 0 amide bonds. The molecule has 0 N–H and O–H groups in total. The fourth-order valence-electron chi connectivity index (χ4n) is 1.98. The van der Waals surface area contributed by atoms with Crippen LogP contribution in [0.15, 0.2) is 30.6 Å². The maximum Gasteiger partial charge on any atom is 0.408 e. The Morgan fingerprint density at radius 1 is 1.35 bits per heavy atom. The van der Waals surface area contributed by atoms with Crippen LogP contribution in [0.4, 0.5) is 13.2 Å². The van der Waals surface area contributed by atoms with E-state index in [-0.39, 0.29) is 5.78 Å². The van der Waals surface area contributed by atoms with E-state index < -0.39 is 12.7 Å². The van der Waals surface area contributed by atoms with Gasteiger partial charge in [-0.25, -0.2) is 0 Å². The van der Waals surface area contributed by atoms with Crippen LogP contribution in [0.25, 0.3) is 11.1 Å². The minimum absolute atomic E-state index is 0.0487. The largest absolute Gasteiger partial charge is 0.408 e. The van der Waals surface area contributed by atoms with Gasteiger partial charge in [-0.2, -0.15) is 18.3 Å². The number of nitrogens with zero attached hydrogens (tertiary/aromatic N) is 2. The Morgan fingerprint density at radius 3 is 2.60 bits per heavy atom. The molecule has 0 fully saturated rings. The molecule has 0 bridgehead atoms. The monoisotopic (exact) mass is 282 g/mol. The first-order chi connectivity index (χ1) is 9.26. The molecule has 0 aliphatic rings. The number of halogens is 3. The van der Waals surface area contributed by atoms with Crippen LogP contribution in [-0.4, -0.2) is 21.7 Å². The van der Waals surface area contributed by atoms with Crippen molar-refractivity contribution in [2.45, 2.75) is 26.6 Å². The topological polar surface area (TPSA) is 34.9 Å². The van der Waals surface area contributed by atoms with Gasteiger partial charge < -0.3 is 0 Å². The number of hydrogen-bond donors (Lipinski definition) is 0. The molecule has 0 atom stereocenters. The fourth-order valence-corrected chi connectivity index (χ4v) is 1.98. The van der Waals surface area contributed by atoms with Crippen LogP contribution in [0.3, 0.4) is 0 Å². The summed E-state index contributed by atoms with van der Waals surface area (Å²) in [6.45, 7) is 2.16. The van der Waals surface area contributed by atoms with Gasteiger partial charge in [0.25, 0.3) is 0 Å². The lowest BCUT2D eigenvalue weighted by Crippen LogP contribution is -2.17. The maximum atomic E-state index is 12.3. The normalized spacial score (nSPS) is 11.7. The Hall–Kier alpha value is -2.11. The van der Waals surface area contributed by atoms with Crippen molar-refractivity contribution in [1.82, 2.24) is 9.78 Å². The van der Waals surface area contributed by atoms with E-state index in [1.165, 1.54) is 19.3 Å². The summed E-state index contributed by atoms with van der Waals surface area (Å²) in [7, 11) is 0. The Bertz CT molecular complexity index is 644. The first kappa shape index (κ1) is 14.3. The van der Waals surface area contributed by atoms with E-state index in [1.54, 1.807) is 18.2 Å². The number of alkyl halides is 3. The van der Waals surface area contributed by atoms with Crippen molar-refractivity contribution in [2.75, 3.05) is 0 Å². The highest BCUT2D eigenvalue weighted by Gasteiger charge is 2.28. The Balaban J connectivity index is 2.31. The van der Waals surface area contributed by atoms with Gasteiger partial charge in [0.1, 0.15) is 6.54 Å². The second kappa shape index (κ2) is 5.11. The molecule has 0 saturated carbocycles. The van der Waals surface area contributed by atoms with Crippen molar-refractivity contribution < 1.29 is 18.0 Å². The van der Waals surface area contributed by atoms with Gasteiger partial charge in [-0.1, -0.05) is 12.1 Å². The van der Waals surface area contributed by atoms with Crippen molar-refractivity contribution in [1.29, 1.82) is 0 Å². The van der Waals surface area contributed by atoms with Gasteiger partial charge in [0.05, 0.1) is 6.20 Å². The van der Waals surface area contributed by atoms with Crippen molar-refractivity contribution in [3.63, 3.8) is 0 Å². The molecular formula is C14H13F3N2O. The summed E-state index contributed by atoms with van der Waals surface area (Å²) >= 11 is 0. The van der Waals surface area contributed by atoms with E-state index in [9.17, 15) is 18.0 Å². The van der Waals surface area contributed by atoms with E-state index in [4.69, 9.17) is 0 Å². The van der Waals surface area contributed by atoms with Crippen LogP contribution < -0.4 is 0 Å². The summed E-state index contributed by atoms with van der Waals surface area (Å²) < 4.78 is 37.7. The summed E-state index contributed by atoms with van der Waals surface area (Å²) in [6.07, 6.45) is -1.55. The third kappa shape index (κ3) is 3.26. The van der Waals surface area contributed by atoms with Gasteiger partial charge in [0.2, 0.25) is 0 Å². The number of hydrogen-bond acceptors (Lipinski definition) is 2. The van der Waals surface area contributed by atoms with Crippen molar-refractivity contribution >= 4 is 5.78 Å². The molecular weight excluding hydrogens is 269 g/mol. The van der Waals surface area contributed by atoms with E-state index in [0.29, 0.717) is 11.1 Å². The Morgan fingerprint density at radius 2 is 2.05 bits per heavy atom. The van der Waals surface area contributed by atoms with Crippen LogP contribution in [-0.2, 0) is 6.54 Å². The van der Waals surface area contributed by atoms with E-state index in [0.717, 1.165) is 15.8 Å². The van der Waals surface area contributed by atoms with Gasteiger partial charge in [-0.3, -0.25) is 9.48 Å². The highest BCUT2D eigenvalue weighted by atomic mass is 19.4. The van der Waals surface area contributed by atoms with Crippen molar-refractivity contribution in [3.05, 3.63) is 41.7 Å². The third-order valence-electron chi connectivity index (χ3n) is 2.92. The molecule has 6 heteroatoms. The predicted molar refractivity (Wildman–Crippen MR) is 68.5 cm³/mol. The molecule has 1 aromatic carbocycles. The average molecular weight is 282 g/mol. The molecule has 0 aliphatic heterocycles. The van der Waals surface area contributed by atoms with Crippen LogP contribution in [0, 0.1) is 6.92 Å². The standard InChI is InChI=1S/C14H13F3N2O/c1-9-5-11(10(2)20)3-4-13(9)12-6-18-19(7-12)8-14(15,16)17/h3-7H,8H2,1-2H3. The number of Topliss-reactive ketones (excluding diaryl/α,β-unsaturated/α-hetero) is 1. The van der Waals surface area contributed by atoms with Crippen molar-refractivity contribution in [3.8, 4) is 11.1 Å². The molecule has 0 spiro atoms. The maximum absolute atomic E-state index is 12.3. The predicted octanol–water partition coefficient (Wildman–Crippen LogP) is 3.62. The molecule has 0 unspecified atom stereocenters. The smallest absolute Gasteiger partial charge is 0.295 e. The van der Waals surface area contributed by atoms with Crippen molar-refractivity contribution in [2.24, 2.45) is 0 Å². The highest BCUT2D eigenvalue weighted by molar-refractivity contribution is 5.94. The van der Waals surface area contributed by atoms with Gasteiger partial charge in [0.15, 0.2) is 5.78 Å². The van der Waals surface area contributed by atoms with Gasteiger partial charge in [-0.05, 0) is 31.0 Å². The lowest BCUT2D eigenvalue weighted by molar-refractivity contribution is -0.142. The highest BCUT2D eigenvalue weighted by Crippen LogP contribution is 2.25. The summed E-state index contributed by atoms with van der Waals surface area (Å²) in [5, 5.41) is 3.71. The second-order valence-electron chi connectivity index (χ2n) is 4.63. The molecule has 0 saturated heterocycles. The van der Waals surface area contributed by atoms with Crippen LogP contribution >= 0.6 is 0 Å². The average Bonchev–Trinajstić information content (AvgIpc) is 2.74. The van der Waals surface area contributed by atoms with E-state index in [1.807, 2.05) is 6.92 Å². The fraction of sp³-hybridized carbons (Fsp3) is 0.286. The number of rotatable bonds is 3. The first-order valence-electron chi connectivity index (χ1n) is 5.97. The van der Waals surface area contributed by atoms with Gasteiger partial charge in [0, 0.05) is 17.3 Å². The number of ketones is 1. The Labute approximate surface area is 114 Å². The minimum atomic E-state index is -4.29. The number of benzene rings is 1. The minimum Gasteiger partial charge on any atom is -0.295 e. The van der Waals surface area contributed by atoms with Crippen LogP contribution in [0.1, 0.15) is 22.8 Å². The number of carbonyl (C=O) groups excluding carboxylic acids is 1. The molecule has 0 radical (unpaired) electrons. The lowest BCUT2D eigenvalue weighted by atomic mass is 9.99. The zero-order chi connectivity index (χ0) is 14.9. The molecule has 2 rings (SSSR count). The zero-order valence-electron chi connectivity index (χ0n) is 11.0. The number of aromatic nitrogens is 2. The van der Waals surface area contributed by atoms with Gasteiger partial charge >= 0.3 is 6.18 Å². The number of aryl methyl sites for hydroxylation is 1. The SMILES string of the molecule is CC(=O)c1ccc(-c2cnn(CC(F)(F)F)c2)c(C)c1. The van der Waals surface area contributed by atoms with E-state index >= 15 is 0 Å². The summed E-state index contributed by atoms with van der Waals surface area (Å²) in [6, 6.07) is 5.10. The molecule has 1 heterocycles. The molecule has 1 aromatic heterocycles. The lowest BCUT2D eigenvalue weighted by Gasteiger charge is -2.06. The summed E-state index contributed by atoms with van der Waals surface area (Å²) in [5.41, 5.74) is 2.77. The molecule has 106 valence electrons. The Kier molecular flexibility index (Phi) is 3.65. The number of carbonyl (C=O) groups is 1. The molecule has 20 heavy (non-hydrogen) atoms. The first-order valence-corrected chi connectivity index (χ1v) is 5.97. The van der Waals surface area contributed by atoms with Crippen LogP contribution in [0.2, 0.25) is 0 Å². The zero-order valence-corrected chi connectivity index (χ0v) is 11.0. The molecule has 2 aromatic rings. The van der Waals surface area contributed by atoms with E-state index in [2.05, 4.69) is 5.10 Å². The quantitative estimate of drug-likeness (QED) is 0.806. The van der Waals surface area contributed by atoms with Gasteiger partial charge in [-0.15, -0.1) is 0 Å². The molecule has 0 aliphatic carbocycles. The van der Waals surface area contributed by atoms with Crippen LogP contribution in [0.5, 0.6) is 0 Å². The summed E-state index contributed by atoms with van der Waals surface area (Å²) in [4.78, 5) is 11.3. The summed E-state index contributed by atoms with van der Waals surface area (Å²) in [5.74, 6) is -0.0487. The second-order valence-corrected chi connectivity index (χ2v) is 4.63. The third-order valence-corrected chi connectivity index (χ3v) is 2.92. The molecule has 3 nitrogen and oxygen atoms in total.